The van der Waals surface area contributed by atoms with E-state index in [4.69, 9.17) is 0 Å². The molecule has 1 heterocycles. The molecule has 2 fully saturated rings. The number of nitrogens with zero attached hydrogens (tertiary/aromatic N) is 1. The molecule has 4 atom stereocenters. The molecule has 0 spiro atoms. The van der Waals surface area contributed by atoms with Crippen molar-refractivity contribution in [3.63, 3.8) is 0 Å². The van der Waals surface area contributed by atoms with Crippen LogP contribution in [0, 0.1) is 11.7 Å². The van der Waals surface area contributed by atoms with Crippen LogP contribution in [0.3, 0.4) is 0 Å². The summed E-state index contributed by atoms with van der Waals surface area (Å²) in [7, 11) is 0. The molecule has 1 saturated carbocycles. The predicted octanol–water partition coefficient (Wildman–Crippen LogP) is 3.56. The molecule has 1 aliphatic carbocycles. The zero-order chi connectivity index (χ0) is 17.3. The van der Waals surface area contributed by atoms with E-state index < -0.39 is 12.0 Å². The third-order valence-corrected chi connectivity index (χ3v) is 5.56. The highest BCUT2D eigenvalue weighted by Crippen LogP contribution is 2.40. The second-order valence-corrected chi connectivity index (χ2v) is 7.16. The highest BCUT2D eigenvalue weighted by molar-refractivity contribution is 5.85. The second kappa shape index (κ2) is 6.91. The van der Waals surface area contributed by atoms with Crippen LogP contribution >= 0.6 is 0 Å². The summed E-state index contributed by atoms with van der Waals surface area (Å²) < 4.78 is 13.4. The van der Waals surface area contributed by atoms with Gasteiger partial charge in [-0.25, -0.2) is 9.18 Å². The minimum absolute atomic E-state index is 0.0621. The van der Waals surface area contributed by atoms with Crippen LogP contribution in [0.1, 0.15) is 56.9 Å². The molecule has 0 radical (unpaired) electrons. The molecular formula is C19H24FNO3. The minimum atomic E-state index is -0.906. The summed E-state index contributed by atoms with van der Waals surface area (Å²) in [5.41, 5.74) is 0.773. The maximum atomic E-state index is 13.4. The number of amides is 1. The molecule has 4 nitrogen and oxygen atoms in total. The van der Waals surface area contributed by atoms with E-state index in [0.29, 0.717) is 12.3 Å². The van der Waals surface area contributed by atoms with Gasteiger partial charge in [-0.05, 0) is 48.8 Å². The highest BCUT2D eigenvalue weighted by atomic mass is 19.1. The fourth-order valence-electron chi connectivity index (χ4n) is 4.34. The summed E-state index contributed by atoms with van der Waals surface area (Å²) in [5, 5.41) is 9.52. The van der Waals surface area contributed by atoms with E-state index in [1.165, 1.54) is 12.1 Å². The molecular weight excluding hydrogens is 309 g/mol. The molecule has 1 amide bonds. The van der Waals surface area contributed by atoms with E-state index in [1.54, 1.807) is 11.0 Å². The van der Waals surface area contributed by atoms with Crippen molar-refractivity contribution >= 4 is 11.9 Å². The van der Waals surface area contributed by atoms with Gasteiger partial charge >= 0.3 is 5.97 Å². The molecule has 24 heavy (non-hydrogen) atoms. The Morgan fingerprint density at radius 3 is 2.79 bits per heavy atom. The molecule has 1 aliphatic heterocycles. The number of halogens is 1. The number of carboxylic acids is 1. The van der Waals surface area contributed by atoms with Crippen LogP contribution in [-0.4, -0.2) is 34.0 Å². The van der Waals surface area contributed by atoms with Crippen molar-refractivity contribution in [2.45, 2.75) is 63.5 Å². The van der Waals surface area contributed by atoms with Gasteiger partial charge in [0.25, 0.3) is 0 Å². The van der Waals surface area contributed by atoms with Gasteiger partial charge in [0.1, 0.15) is 11.9 Å². The van der Waals surface area contributed by atoms with Crippen molar-refractivity contribution in [1.29, 1.82) is 0 Å². The third kappa shape index (κ3) is 3.30. The van der Waals surface area contributed by atoms with Crippen molar-refractivity contribution < 1.29 is 19.1 Å². The van der Waals surface area contributed by atoms with E-state index in [1.807, 2.05) is 13.0 Å². The zero-order valence-electron chi connectivity index (χ0n) is 14.0. The Morgan fingerprint density at radius 1 is 1.33 bits per heavy atom. The number of benzene rings is 1. The monoisotopic (exact) mass is 333 g/mol. The Morgan fingerprint density at radius 2 is 2.08 bits per heavy atom. The second-order valence-electron chi connectivity index (χ2n) is 7.16. The standard InChI is InChI=1S/C19H24FNO3/c1-12(13-6-4-7-15(20)10-13)9-18(22)21-16-8-3-2-5-14(16)11-17(21)19(23)24/h4,6-7,10,12,14,16-17H,2-3,5,8-9,11H2,1H3,(H,23,24). The molecule has 130 valence electrons. The Labute approximate surface area is 141 Å². The molecule has 3 rings (SSSR count). The predicted molar refractivity (Wildman–Crippen MR) is 88.1 cm³/mol. The lowest BCUT2D eigenvalue weighted by atomic mass is 9.84. The summed E-state index contributed by atoms with van der Waals surface area (Å²) in [6.07, 6.45) is 4.87. The number of hydrogen-bond donors (Lipinski definition) is 1. The molecule has 1 aromatic rings. The Kier molecular flexibility index (Phi) is 4.88. The molecule has 2 aliphatic rings. The lowest BCUT2D eigenvalue weighted by Gasteiger charge is -2.33. The van der Waals surface area contributed by atoms with Gasteiger partial charge in [0.15, 0.2) is 0 Å². The first-order valence-corrected chi connectivity index (χ1v) is 8.77. The summed E-state index contributed by atoms with van der Waals surface area (Å²) in [4.78, 5) is 26.1. The summed E-state index contributed by atoms with van der Waals surface area (Å²) in [6.45, 7) is 1.89. The zero-order valence-corrected chi connectivity index (χ0v) is 14.0. The van der Waals surface area contributed by atoms with Crippen molar-refractivity contribution in [2.24, 2.45) is 5.92 Å². The van der Waals surface area contributed by atoms with Crippen molar-refractivity contribution in [3.8, 4) is 0 Å². The molecule has 1 aromatic carbocycles. The van der Waals surface area contributed by atoms with Gasteiger partial charge in [0, 0.05) is 12.5 Å². The van der Waals surface area contributed by atoms with Gasteiger partial charge in [0.2, 0.25) is 5.91 Å². The van der Waals surface area contributed by atoms with Crippen LogP contribution in [0.15, 0.2) is 24.3 Å². The molecule has 4 unspecified atom stereocenters. The average molecular weight is 333 g/mol. The van der Waals surface area contributed by atoms with Gasteiger partial charge in [-0.3, -0.25) is 4.79 Å². The lowest BCUT2D eigenvalue weighted by Crippen LogP contribution is -2.46. The Bertz CT molecular complexity index is 633. The molecule has 0 bridgehead atoms. The summed E-state index contributed by atoms with van der Waals surface area (Å²) in [5.74, 6) is -1.16. The van der Waals surface area contributed by atoms with Crippen molar-refractivity contribution in [2.75, 3.05) is 0 Å². The van der Waals surface area contributed by atoms with E-state index in [-0.39, 0.29) is 30.1 Å². The fourth-order valence-corrected chi connectivity index (χ4v) is 4.34. The smallest absolute Gasteiger partial charge is 0.326 e. The normalized spacial score (nSPS) is 27.6. The first-order chi connectivity index (χ1) is 11.5. The molecule has 0 aromatic heterocycles. The van der Waals surface area contributed by atoms with Crippen LogP contribution < -0.4 is 0 Å². The number of carbonyl (C=O) groups is 2. The molecule has 1 N–H and O–H groups in total. The van der Waals surface area contributed by atoms with Crippen LogP contribution in [0.4, 0.5) is 4.39 Å². The van der Waals surface area contributed by atoms with Gasteiger partial charge in [-0.15, -0.1) is 0 Å². The Hall–Kier alpha value is -1.91. The largest absolute Gasteiger partial charge is 0.480 e. The SMILES string of the molecule is CC(CC(=O)N1C(C(=O)O)CC2CCCCC21)c1cccc(F)c1. The number of rotatable bonds is 4. The van der Waals surface area contributed by atoms with Crippen LogP contribution in [0.2, 0.25) is 0 Å². The maximum Gasteiger partial charge on any atom is 0.326 e. The summed E-state index contributed by atoms with van der Waals surface area (Å²) >= 11 is 0. The first kappa shape index (κ1) is 16.9. The number of carbonyl (C=O) groups excluding carboxylic acids is 1. The van der Waals surface area contributed by atoms with Crippen LogP contribution in [0.5, 0.6) is 0 Å². The van der Waals surface area contributed by atoms with Crippen LogP contribution in [0.25, 0.3) is 0 Å². The third-order valence-electron chi connectivity index (χ3n) is 5.56. The number of carboxylic acid groups (broad SMARTS) is 1. The van der Waals surface area contributed by atoms with Gasteiger partial charge in [0.05, 0.1) is 0 Å². The van der Waals surface area contributed by atoms with Gasteiger partial charge < -0.3 is 10.0 Å². The fraction of sp³-hybridized carbons (Fsp3) is 0.579. The number of likely N-dealkylation sites (tertiary alicyclic amines) is 1. The van der Waals surface area contributed by atoms with Crippen molar-refractivity contribution in [3.05, 3.63) is 35.6 Å². The average Bonchev–Trinajstić information content (AvgIpc) is 2.94. The first-order valence-electron chi connectivity index (χ1n) is 8.77. The van der Waals surface area contributed by atoms with Gasteiger partial charge in [-0.2, -0.15) is 0 Å². The van der Waals surface area contributed by atoms with Crippen molar-refractivity contribution in [1.82, 2.24) is 4.90 Å². The molecule has 1 saturated heterocycles. The number of hydrogen-bond acceptors (Lipinski definition) is 2. The lowest BCUT2D eigenvalue weighted by molar-refractivity contribution is -0.150. The summed E-state index contributed by atoms with van der Waals surface area (Å²) in [6, 6.07) is 5.63. The number of aliphatic carboxylic acids is 1. The molecule has 5 heteroatoms. The Balaban J connectivity index is 1.75. The maximum absolute atomic E-state index is 13.4. The minimum Gasteiger partial charge on any atom is -0.480 e. The number of fused-ring (bicyclic) bond motifs is 1. The van der Waals surface area contributed by atoms with E-state index in [2.05, 4.69) is 0 Å². The van der Waals surface area contributed by atoms with E-state index >= 15 is 0 Å². The van der Waals surface area contributed by atoms with E-state index in [0.717, 1.165) is 31.2 Å². The van der Waals surface area contributed by atoms with Gasteiger partial charge in [-0.1, -0.05) is 31.9 Å². The topological polar surface area (TPSA) is 57.6 Å². The highest BCUT2D eigenvalue weighted by Gasteiger charge is 2.47. The van der Waals surface area contributed by atoms with E-state index in [9.17, 15) is 19.1 Å². The quantitative estimate of drug-likeness (QED) is 0.916. The van der Waals surface area contributed by atoms with Crippen LogP contribution in [-0.2, 0) is 9.59 Å².